The molecule has 2 aromatic carbocycles. The zero-order valence-electron chi connectivity index (χ0n) is 11.4. The van der Waals surface area contributed by atoms with Crippen LogP contribution in [0, 0.1) is 25.3 Å². The molecule has 3 rings (SSSR count). The minimum absolute atomic E-state index is 0. The predicted molar refractivity (Wildman–Crippen MR) is 80.8 cm³/mol. The molecule has 3 aromatic rings. The van der Waals surface area contributed by atoms with Crippen molar-refractivity contribution >= 4 is 22.4 Å². The molecule has 3 nitrogen and oxygen atoms in total. The van der Waals surface area contributed by atoms with Crippen LogP contribution in [0.15, 0.2) is 42.7 Å². The van der Waals surface area contributed by atoms with Gasteiger partial charge in [0.05, 0.1) is 5.82 Å². The van der Waals surface area contributed by atoms with E-state index in [1.807, 2.05) is 43.3 Å². The normalized spacial score (nSPS) is 9.71. The largest absolute Gasteiger partial charge is 1.00 e. The van der Waals surface area contributed by atoms with Crippen molar-refractivity contribution < 1.29 is 19.5 Å². The Bertz CT molecular complexity index is 822. The van der Waals surface area contributed by atoms with Crippen LogP contribution >= 0.6 is 0 Å². The standard InChI is InChI=1S/C17H12N3.Ru/c1-3-13-5-4-6-14(10-13)20-17-15-8-7-12(2)9-16(15)18-11-19-17;/h1,4-6,8-11H,2H3,(H,18,19,20);/q-1;+1. The quantitative estimate of drug-likeness (QED) is 0.433. The summed E-state index contributed by atoms with van der Waals surface area (Å²) in [7, 11) is 0. The number of terminal acetylenes is 1. The third-order valence-electron chi connectivity index (χ3n) is 3.00. The average molecular weight is 359 g/mol. The third-order valence-corrected chi connectivity index (χ3v) is 3.00. The van der Waals surface area contributed by atoms with Gasteiger partial charge in [0, 0.05) is 11.3 Å². The van der Waals surface area contributed by atoms with Gasteiger partial charge in [0.15, 0.2) is 0 Å². The molecule has 21 heavy (non-hydrogen) atoms. The van der Waals surface area contributed by atoms with Crippen molar-refractivity contribution in [3.05, 3.63) is 59.9 Å². The molecule has 0 saturated carbocycles. The Morgan fingerprint density at radius 1 is 1.24 bits per heavy atom. The van der Waals surface area contributed by atoms with E-state index < -0.39 is 0 Å². The van der Waals surface area contributed by atoms with Crippen molar-refractivity contribution in [1.82, 2.24) is 9.97 Å². The van der Waals surface area contributed by atoms with Crippen LogP contribution in [0.4, 0.5) is 11.5 Å². The molecular formula is C17H12N3Ru. The maximum Gasteiger partial charge on any atom is 1.00 e. The van der Waals surface area contributed by atoms with E-state index in [9.17, 15) is 0 Å². The summed E-state index contributed by atoms with van der Waals surface area (Å²) in [6, 6.07) is 14.7. The topological polar surface area (TPSA) is 37.8 Å². The minimum atomic E-state index is 0. The molecular weight excluding hydrogens is 347 g/mol. The molecule has 0 unspecified atom stereocenters. The second-order valence-corrected chi connectivity index (χ2v) is 4.49. The van der Waals surface area contributed by atoms with Crippen molar-refractivity contribution in [2.45, 2.75) is 6.92 Å². The Labute approximate surface area is 136 Å². The molecule has 1 radical (unpaired) electrons. The Morgan fingerprint density at radius 2 is 2.10 bits per heavy atom. The molecule has 0 aliphatic heterocycles. The Hall–Kier alpha value is -2.24. The number of aryl methyl sites for hydroxylation is 1. The smallest absolute Gasteiger partial charge is 0.350 e. The second-order valence-electron chi connectivity index (χ2n) is 4.49. The summed E-state index contributed by atoms with van der Waals surface area (Å²) in [6.45, 7) is 1.99. The van der Waals surface area contributed by atoms with Gasteiger partial charge in [0.25, 0.3) is 0 Å². The van der Waals surface area contributed by atoms with Crippen molar-refractivity contribution in [2.75, 3.05) is 5.32 Å². The number of fused-ring (bicyclic) bond motifs is 1. The van der Waals surface area contributed by atoms with Crippen LogP contribution in [0.1, 0.15) is 11.1 Å². The van der Waals surface area contributed by atoms with Crippen molar-refractivity contribution in [3.63, 3.8) is 0 Å². The molecule has 1 N–H and O–H groups in total. The molecule has 0 bridgehead atoms. The van der Waals surface area contributed by atoms with Gasteiger partial charge < -0.3 is 5.32 Å². The predicted octanol–water partition coefficient (Wildman–Crippen LogP) is 3.46. The summed E-state index contributed by atoms with van der Waals surface area (Å²) >= 11 is 0. The van der Waals surface area contributed by atoms with Gasteiger partial charge in [-0.25, -0.2) is 4.98 Å². The number of aromatic nitrogens is 2. The van der Waals surface area contributed by atoms with Gasteiger partial charge >= 0.3 is 19.5 Å². The first-order valence-corrected chi connectivity index (χ1v) is 6.23. The Balaban J connectivity index is 0.00000161. The SMILES string of the molecule is C#Cc1cccc(Nc2ncnc3cc(C)[c-]cc23)c1.[Ru+]. The molecule has 0 atom stereocenters. The molecule has 0 amide bonds. The van der Waals surface area contributed by atoms with Crippen LogP contribution in [0.2, 0.25) is 0 Å². The monoisotopic (exact) mass is 360 g/mol. The zero-order valence-corrected chi connectivity index (χ0v) is 13.1. The van der Waals surface area contributed by atoms with E-state index >= 15 is 0 Å². The van der Waals surface area contributed by atoms with Crippen LogP contribution in [-0.4, -0.2) is 9.97 Å². The average Bonchev–Trinajstić information content (AvgIpc) is 2.47. The van der Waals surface area contributed by atoms with Gasteiger partial charge in [0.2, 0.25) is 0 Å². The first kappa shape index (κ1) is 15.2. The van der Waals surface area contributed by atoms with E-state index in [4.69, 9.17) is 6.42 Å². The molecule has 4 heteroatoms. The van der Waals surface area contributed by atoms with Gasteiger partial charge in [-0.1, -0.05) is 24.3 Å². The van der Waals surface area contributed by atoms with Gasteiger partial charge in [-0.3, -0.25) is 4.98 Å². The van der Waals surface area contributed by atoms with Gasteiger partial charge in [-0.15, -0.1) is 12.5 Å². The van der Waals surface area contributed by atoms with Crippen LogP contribution < -0.4 is 5.32 Å². The van der Waals surface area contributed by atoms with E-state index in [1.54, 1.807) is 6.33 Å². The summed E-state index contributed by atoms with van der Waals surface area (Å²) in [5, 5.41) is 4.21. The maximum absolute atomic E-state index is 5.41. The van der Waals surface area contributed by atoms with Crippen molar-refractivity contribution in [2.24, 2.45) is 0 Å². The molecule has 0 fully saturated rings. The summed E-state index contributed by atoms with van der Waals surface area (Å²) < 4.78 is 0. The van der Waals surface area contributed by atoms with Gasteiger partial charge in [-0.05, 0) is 23.7 Å². The van der Waals surface area contributed by atoms with Crippen molar-refractivity contribution in [1.29, 1.82) is 0 Å². The van der Waals surface area contributed by atoms with E-state index in [0.29, 0.717) is 0 Å². The van der Waals surface area contributed by atoms with Crippen LogP contribution in [-0.2, 0) is 19.5 Å². The van der Waals surface area contributed by atoms with E-state index in [1.165, 1.54) is 0 Å². The molecule has 1 aromatic heterocycles. The van der Waals surface area contributed by atoms with E-state index in [2.05, 4.69) is 27.3 Å². The number of rotatable bonds is 2. The first-order valence-electron chi connectivity index (χ1n) is 6.23. The minimum Gasteiger partial charge on any atom is -0.350 e. The number of hydrogen-bond acceptors (Lipinski definition) is 3. The molecule has 0 saturated heterocycles. The van der Waals surface area contributed by atoms with E-state index in [-0.39, 0.29) is 19.5 Å². The molecule has 1 heterocycles. The number of nitrogens with zero attached hydrogens (tertiary/aromatic N) is 2. The fraction of sp³-hybridized carbons (Fsp3) is 0.0588. The van der Waals surface area contributed by atoms with E-state index in [0.717, 1.165) is 33.5 Å². The second kappa shape index (κ2) is 6.48. The maximum atomic E-state index is 5.41. The van der Waals surface area contributed by atoms with Gasteiger partial charge in [0.1, 0.15) is 6.33 Å². The number of hydrogen-bond donors (Lipinski definition) is 1. The van der Waals surface area contributed by atoms with Gasteiger partial charge in [-0.2, -0.15) is 17.7 Å². The third kappa shape index (κ3) is 3.27. The van der Waals surface area contributed by atoms with Crippen LogP contribution in [0.25, 0.3) is 10.9 Å². The fourth-order valence-corrected chi connectivity index (χ4v) is 2.02. The fourth-order valence-electron chi connectivity index (χ4n) is 2.02. The number of nitrogens with one attached hydrogen (secondary N) is 1. The zero-order chi connectivity index (χ0) is 13.9. The molecule has 0 aliphatic carbocycles. The van der Waals surface area contributed by atoms with Crippen LogP contribution in [0.5, 0.6) is 0 Å². The van der Waals surface area contributed by atoms with Crippen LogP contribution in [0.3, 0.4) is 0 Å². The summed E-state index contributed by atoms with van der Waals surface area (Å²) in [5.74, 6) is 3.37. The summed E-state index contributed by atoms with van der Waals surface area (Å²) in [6.07, 6.45) is 6.96. The Kier molecular flexibility index (Phi) is 4.67. The Morgan fingerprint density at radius 3 is 2.90 bits per heavy atom. The summed E-state index contributed by atoms with van der Waals surface area (Å²) in [4.78, 5) is 8.57. The molecule has 103 valence electrons. The first-order chi connectivity index (χ1) is 9.76. The number of benzene rings is 2. The van der Waals surface area contributed by atoms with Crippen molar-refractivity contribution in [3.8, 4) is 12.3 Å². The molecule has 0 spiro atoms. The number of anilines is 2. The molecule has 0 aliphatic rings. The summed E-state index contributed by atoms with van der Waals surface area (Å²) in [5.41, 5.74) is 3.68.